The van der Waals surface area contributed by atoms with Gasteiger partial charge in [-0.2, -0.15) is 0 Å². The molecule has 0 aliphatic rings. The first kappa shape index (κ1) is 17.4. The number of hydrogen-bond donors (Lipinski definition) is 1. The zero-order valence-electron chi connectivity index (χ0n) is 13.8. The van der Waals surface area contributed by atoms with Gasteiger partial charge < -0.3 is 10.1 Å². The first-order valence-corrected chi connectivity index (χ1v) is 7.56. The number of nitrogens with one attached hydrogen (secondary N) is 1. The highest BCUT2D eigenvalue weighted by Crippen LogP contribution is 2.12. The molecular weight excluding hydrogens is 306 g/mol. The van der Waals surface area contributed by atoms with Crippen molar-refractivity contribution in [2.45, 2.75) is 26.9 Å². The van der Waals surface area contributed by atoms with E-state index in [1.54, 1.807) is 48.5 Å². The Morgan fingerprint density at radius 1 is 0.917 bits per heavy atom. The molecule has 2 rings (SSSR count). The van der Waals surface area contributed by atoms with Crippen LogP contribution < -0.4 is 5.32 Å². The number of aryl methyl sites for hydroxylation is 1. The van der Waals surface area contributed by atoms with Gasteiger partial charge >= 0.3 is 5.97 Å². The molecule has 0 spiro atoms. The number of carbonyl (C=O) groups is 3. The molecule has 0 heterocycles. The van der Waals surface area contributed by atoms with Crippen LogP contribution in [0.15, 0.2) is 48.5 Å². The van der Waals surface area contributed by atoms with Gasteiger partial charge in [0.2, 0.25) is 0 Å². The summed E-state index contributed by atoms with van der Waals surface area (Å²) in [6.45, 7) is 4.90. The van der Waals surface area contributed by atoms with Crippen LogP contribution in [-0.2, 0) is 9.53 Å². The van der Waals surface area contributed by atoms with Crippen LogP contribution in [-0.4, -0.2) is 23.8 Å². The monoisotopic (exact) mass is 325 g/mol. The summed E-state index contributed by atoms with van der Waals surface area (Å²) in [4.78, 5) is 35.3. The maximum Gasteiger partial charge on any atom is 0.338 e. The third kappa shape index (κ3) is 4.52. The molecule has 0 aliphatic heterocycles. The number of ether oxygens (including phenoxy) is 1. The van der Waals surface area contributed by atoms with Crippen LogP contribution in [0.25, 0.3) is 0 Å². The summed E-state index contributed by atoms with van der Waals surface area (Å²) in [6.07, 6.45) is -0.939. The predicted octanol–water partition coefficient (Wildman–Crippen LogP) is 3.38. The van der Waals surface area contributed by atoms with Crippen molar-refractivity contribution in [2.24, 2.45) is 0 Å². The maximum absolute atomic E-state index is 12.1. The Hall–Kier alpha value is -2.95. The number of anilines is 1. The number of esters is 1. The lowest BCUT2D eigenvalue weighted by molar-refractivity contribution is -0.123. The highest BCUT2D eigenvalue weighted by Gasteiger charge is 2.19. The molecule has 1 atom stereocenters. The molecule has 5 heteroatoms. The van der Waals surface area contributed by atoms with Gasteiger partial charge in [-0.1, -0.05) is 17.7 Å². The van der Waals surface area contributed by atoms with Crippen molar-refractivity contribution in [1.82, 2.24) is 0 Å². The Morgan fingerprint density at radius 2 is 1.46 bits per heavy atom. The number of benzene rings is 2. The Bertz CT molecular complexity index is 748. The van der Waals surface area contributed by atoms with Crippen LogP contribution >= 0.6 is 0 Å². The van der Waals surface area contributed by atoms with E-state index in [2.05, 4.69) is 5.32 Å². The van der Waals surface area contributed by atoms with Gasteiger partial charge in [-0.3, -0.25) is 9.59 Å². The zero-order chi connectivity index (χ0) is 17.7. The van der Waals surface area contributed by atoms with Gasteiger partial charge in [0.15, 0.2) is 11.9 Å². The third-order valence-corrected chi connectivity index (χ3v) is 3.50. The number of rotatable bonds is 5. The summed E-state index contributed by atoms with van der Waals surface area (Å²) < 4.78 is 5.17. The van der Waals surface area contributed by atoms with E-state index in [1.807, 2.05) is 6.92 Å². The van der Waals surface area contributed by atoms with Gasteiger partial charge in [-0.15, -0.1) is 0 Å². The minimum atomic E-state index is -0.939. The highest BCUT2D eigenvalue weighted by molar-refractivity contribution is 5.98. The number of hydrogen-bond acceptors (Lipinski definition) is 4. The minimum Gasteiger partial charge on any atom is -0.449 e. The molecule has 0 aromatic heterocycles. The Labute approximate surface area is 140 Å². The van der Waals surface area contributed by atoms with E-state index in [9.17, 15) is 14.4 Å². The van der Waals surface area contributed by atoms with Crippen molar-refractivity contribution < 1.29 is 19.1 Å². The molecule has 2 aromatic carbocycles. The van der Waals surface area contributed by atoms with Gasteiger partial charge in [0.25, 0.3) is 5.91 Å². The Morgan fingerprint density at radius 3 is 2.00 bits per heavy atom. The summed E-state index contributed by atoms with van der Waals surface area (Å²) in [5.74, 6) is -1.04. The lowest BCUT2D eigenvalue weighted by Gasteiger charge is -2.14. The summed E-state index contributed by atoms with van der Waals surface area (Å²) in [7, 11) is 0. The van der Waals surface area contributed by atoms with E-state index >= 15 is 0 Å². The van der Waals surface area contributed by atoms with Crippen LogP contribution in [0, 0.1) is 6.92 Å². The molecule has 0 radical (unpaired) electrons. The molecule has 5 nitrogen and oxygen atoms in total. The highest BCUT2D eigenvalue weighted by atomic mass is 16.5. The molecule has 124 valence electrons. The molecule has 1 amide bonds. The van der Waals surface area contributed by atoms with E-state index < -0.39 is 18.0 Å². The Kier molecular flexibility index (Phi) is 5.47. The van der Waals surface area contributed by atoms with Crippen molar-refractivity contribution in [3.8, 4) is 0 Å². The summed E-state index contributed by atoms with van der Waals surface area (Å²) in [5, 5.41) is 2.65. The molecule has 0 saturated heterocycles. The van der Waals surface area contributed by atoms with Gasteiger partial charge in [0.1, 0.15) is 0 Å². The SMILES string of the molecule is CC(=O)c1ccc(NC(=O)C(C)OC(=O)c2ccc(C)cc2)cc1. The fourth-order valence-corrected chi connectivity index (χ4v) is 2.00. The van der Waals surface area contributed by atoms with Crippen LogP contribution in [0.5, 0.6) is 0 Å². The predicted molar refractivity (Wildman–Crippen MR) is 91.1 cm³/mol. The standard InChI is InChI=1S/C19H19NO4/c1-12-4-6-16(7-5-12)19(23)24-14(3)18(22)20-17-10-8-15(9-11-17)13(2)21/h4-11,14H,1-3H3,(H,20,22). The normalized spacial score (nSPS) is 11.5. The van der Waals surface area contributed by atoms with Gasteiger partial charge in [-0.05, 0) is 57.2 Å². The van der Waals surface area contributed by atoms with Gasteiger partial charge in [-0.25, -0.2) is 4.79 Å². The van der Waals surface area contributed by atoms with E-state index in [-0.39, 0.29) is 5.78 Å². The molecule has 2 aromatic rings. The van der Waals surface area contributed by atoms with Crippen LogP contribution in [0.1, 0.15) is 40.1 Å². The fourth-order valence-electron chi connectivity index (χ4n) is 2.00. The van der Waals surface area contributed by atoms with Crippen molar-refractivity contribution in [2.75, 3.05) is 5.32 Å². The molecule has 0 bridgehead atoms. The molecule has 0 fully saturated rings. The first-order chi connectivity index (χ1) is 11.4. The summed E-state index contributed by atoms with van der Waals surface area (Å²) in [5.41, 5.74) is 2.52. The van der Waals surface area contributed by atoms with Crippen LogP contribution in [0.3, 0.4) is 0 Å². The maximum atomic E-state index is 12.1. The number of amides is 1. The van der Waals surface area contributed by atoms with Crippen molar-refractivity contribution in [1.29, 1.82) is 0 Å². The van der Waals surface area contributed by atoms with Gasteiger partial charge in [0, 0.05) is 11.3 Å². The van der Waals surface area contributed by atoms with E-state index in [4.69, 9.17) is 4.74 Å². The third-order valence-electron chi connectivity index (χ3n) is 3.50. The second-order valence-electron chi connectivity index (χ2n) is 5.54. The molecule has 24 heavy (non-hydrogen) atoms. The lowest BCUT2D eigenvalue weighted by Crippen LogP contribution is -2.30. The van der Waals surface area contributed by atoms with Gasteiger partial charge in [0.05, 0.1) is 5.56 Å². The number of Topliss-reactive ketones (excluding diaryl/α,β-unsaturated/α-hetero) is 1. The zero-order valence-corrected chi connectivity index (χ0v) is 13.8. The van der Waals surface area contributed by atoms with E-state index in [0.29, 0.717) is 16.8 Å². The first-order valence-electron chi connectivity index (χ1n) is 7.56. The molecule has 1 N–H and O–H groups in total. The average molecular weight is 325 g/mol. The second kappa shape index (κ2) is 7.55. The number of ketones is 1. The molecule has 1 unspecified atom stereocenters. The minimum absolute atomic E-state index is 0.0479. The van der Waals surface area contributed by atoms with E-state index in [0.717, 1.165) is 5.56 Å². The lowest BCUT2D eigenvalue weighted by atomic mass is 10.1. The van der Waals surface area contributed by atoms with Crippen molar-refractivity contribution >= 4 is 23.3 Å². The smallest absolute Gasteiger partial charge is 0.338 e. The molecule has 0 aliphatic carbocycles. The van der Waals surface area contributed by atoms with Crippen LogP contribution in [0.2, 0.25) is 0 Å². The number of carbonyl (C=O) groups excluding carboxylic acids is 3. The molecule has 0 saturated carbocycles. The average Bonchev–Trinajstić information content (AvgIpc) is 2.55. The molecular formula is C19H19NO4. The summed E-state index contributed by atoms with van der Waals surface area (Å²) in [6, 6.07) is 13.4. The summed E-state index contributed by atoms with van der Waals surface area (Å²) >= 11 is 0. The second-order valence-corrected chi connectivity index (χ2v) is 5.54. The largest absolute Gasteiger partial charge is 0.449 e. The topological polar surface area (TPSA) is 72.5 Å². The quantitative estimate of drug-likeness (QED) is 0.675. The van der Waals surface area contributed by atoms with Crippen molar-refractivity contribution in [3.05, 3.63) is 65.2 Å². The van der Waals surface area contributed by atoms with Crippen LogP contribution in [0.4, 0.5) is 5.69 Å². The Balaban J connectivity index is 1.95. The van der Waals surface area contributed by atoms with Crippen molar-refractivity contribution in [3.63, 3.8) is 0 Å². The fraction of sp³-hybridized carbons (Fsp3) is 0.211. The van der Waals surface area contributed by atoms with E-state index in [1.165, 1.54) is 13.8 Å².